The van der Waals surface area contributed by atoms with E-state index in [1.54, 1.807) is 0 Å². The molecule has 0 amide bonds. The molecule has 2 aromatic rings. The van der Waals surface area contributed by atoms with Crippen molar-refractivity contribution in [3.05, 3.63) is 63.1 Å². The summed E-state index contributed by atoms with van der Waals surface area (Å²) < 4.78 is 7.20. The minimum atomic E-state index is -0.116. The number of hydrogen-bond donors (Lipinski definition) is 1. The van der Waals surface area contributed by atoms with Crippen LogP contribution in [0.5, 0.6) is 5.75 Å². The van der Waals surface area contributed by atoms with Crippen LogP contribution in [0, 0.1) is 20.8 Å². The Morgan fingerprint density at radius 3 is 2.30 bits per heavy atom. The van der Waals surface area contributed by atoms with Crippen LogP contribution in [0.1, 0.15) is 28.4 Å². The summed E-state index contributed by atoms with van der Waals surface area (Å²) in [5, 5.41) is 0. The maximum absolute atomic E-state index is 6.08. The second-order valence-electron chi connectivity index (χ2n) is 5.13. The number of benzene rings is 2. The van der Waals surface area contributed by atoms with E-state index in [0.29, 0.717) is 6.54 Å². The molecule has 0 aliphatic rings. The third kappa shape index (κ3) is 3.41. The molecule has 0 radical (unpaired) electrons. The molecule has 0 saturated carbocycles. The van der Waals surface area contributed by atoms with Gasteiger partial charge >= 0.3 is 0 Å². The Kier molecular flexibility index (Phi) is 4.84. The van der Waals surface area contributed by atoms with Crippen molar-refractivity contribution in [1.29, 1.82) is 0 Å². The van der Waals surface area contributed by atoms with E-state index < -0.39 is 0 Å². The van der Waals surface area contributed by atoms with Crippen LogP contribution in [0.4, 0.5) is 0 Å². The normalized spacial score (nSPS) is 12.2. The first-order chi connectivity index (χ1) is 9.51. The van der Waals surface area contributed by atoms with Gasteiger partial charge in [0, 0.05) is 11.0 Å². The Morgan fingerprint density at radius 1 is 1.10 bits per heavy atom. The molecule has 3 heteroatoms. The van der Waals surface area contributed by atoms with Crippen LogP contribution in [0.3, 0.4) is 0 Å². The van der Waals surface area contributed by atoms with Crippen molar-refractivity contribution in [2.45, 2.75) is 26.9 Å². The van der Waals surface area contributed by atoms with Crippen molar-refractivity contribution in [3.63, 3.8) is 0 Å². The van der Waals surface area contributed by atoms with E-state index in [1.807, 2.05) is 18.2 Å². The van der Waals surface area contributed by atoms with E-state index in [9.17, 15) is 0 Å². The van der Waals surface area contributed by atoms with E-state index in [2.05, 4.69) is 54.9 Å². The van der Waals surface area contributed by atoms with Crippen LogP contribution in [0.25, 0.3) is 0 Å². The second kappa shape index (κ2) is 6.42. The molecular weight excluding hydrogens is 314 g/mol. The lowest BCUT2D eigenvalue weighted by Crippen LogP contribution is -2.18. The Labute approximate surface area is 129 Å². The average molecular weight is 334 g/mol. The van der Waals surface area contributed by atoms with Gasteiger partial charge in [0.1, 0.15) is 11.9 Å². The minimum absolute atomic E-state index is 0.116. The van der Waals surface area contributed by atoms with Crippen LogP contribution in [-0.2, 0) is 0 Å². The standard InChI is InChI=1S/C17H20BrNO/c1-11-5-4-6-14(7-11)16(10-19)20-15-8-12(2)17(18)13(3)9-15/h4-9,16H,10,19H2,1-3H3. The predicted molar refractivity (Wildman–Crippen MR) is 87.2 cm³/mol. The Hall–Kier alpha value is -1.32. The van der Waals surface area contributed by atoms with E-state index in [1.165, 1.54) is 16.7 Å². The van der Waals surface area contributed by atoms with Gasteiger partial charge in [0.05, 0.1) is 0 Å². The lowest BCUT2D eigenvalue weighted by Gasteiger charge is -2.19. The summed E-state index contributed by atoms with van der Waals surface area (Å²) in [5.41, 5.74) is 10.5. The number of nitrogens with two attached hydrogens (primary N) is 1. The first-order valence-corrected chi connectivity index (χ1v) is 7.50. The molecule has 0 aliphatic heterocycles. The van der Waals surface area contributed by atoms with Gasteiger partial charge in [-0.3, -0.25) is 0 Å². The lowest BCUT2D eigenvalue weighted by molar-refractivity contribution is 0.214. The SMILES string of the molecule is Cc1cccc(C(CN)Oc2cc(C)c(Br)c(C)c2)c1. The smallest absolute Gasteiger partial charge is 0.136 e. The summed E-state index contributed by atoms with van der Waals surface area (Å²) in [7, 11) is 0. The molecule has 0 saturated heterocycles. The largest absolute Gasteiger partial charge is 0.484 e. The van der Waals surface area contributed by atoms with Gasteiger partial charge in [0.2, 0.25) is 0 Å². The lowest BCUT2D eigenvalue weighted by atomic mass is 10.1. The third-order valence-electron chi connectivity index (χ3n) is 3.32. The topological polar surface area (TPSA) is 35.2 Å². The molecule has 2 aromatic carbocycles. The van der Waals surface area contributed by atoms with Crippen LogP contribution < -0.4 is 10.5 Å². The van der Waals surface area contributed by atoms with Gasteiger partial charge in [-0.1, -0.05) is 45.8 Å². The zero-order valence-corrected chi connectivity index (χ0v) is 13.7. The fourth-order valence-corrected chi connectivity index (χ4v) is 2.49. The summed E-state index contributed by atoms with van der Waals surface area (Å²) in [5.74, 6) is 0.861. The van der Waals surface area contributed by atoms with Crippen LogP contribution in [0.15, 0.2) is 40.9 Å². The van der Waals surface area contributed by atoms with Gasteiger partial charge < -0.3 is 10.5 Å². The number of halogens is 1. The van der Waals surface area contributed by atoms with Crippen molar-refractivity contribution < 1.29 is 4.74 Å². The molecule has 106 valence electrons. The van der Waals surface area contributed by atoms with Gasteiger partial charge in [-0.05, 0) is 49.6 Å². The summed E-state index contributed by atoms with van der Waals surface area (Å²) in [6.45, 7) is 6.66. The molecule has 2 rings (SSSR count). The molecule has 2 nitrogen and oxygen atoms in total. The number of ether oxygens (including phenoxy) is 1. The van der Waals surface area contributed by atoms with Crippen LogP contribution in [-0.4, -0.2) is 6.54 Å². The zero-order valence-electron chi connectivity index (χ0n) is 12.1. The molecule has 2 N–H and O–H groups in total. The first kappa shape index (κ1) is 15.1. The highest BCUT2D eigenvalue weighted by Crippen LogP contribution is 2.29. The summed E-state index contributed by atoms with van der Waals surface area (Å²) in [6.07, 6.45) is -0.116. The van der Waals surface area contributed by atoms with Crippen molar-refractivity contribution >= 4 is 15.9 Å². The van der Waals surface area contributed by atoms with Gasteiger partial charge in [0.15, 0.2) is 0 Å². The molecule has 1 unspecified atom stereocenters. The molecule has 0 heterocycles. The molecule has 1 atom stereocenters. The molecule has 0 spiro atoms. The number of hydrogen-bond acceptors (Lipinski definition) is 2. The van der Waals surface area contributed by atoms with Gasteiger partial charge in [-0.15, -0.1) is 0 Å². The highest BCUT2D eigenvalue weighted by Gasteiger charge is 2.13. The zero-order chi connectivity index (χ0) is 14.7. The van der Waals surface area contributed by atoms with E-state index in [4.69, 9.17) is 10.5 Å². The highest BCUT2D eigenvalue weighted by atomic mass is 79.9. The summed E-state index contributed by atoms with van der Waals surface area (Å²) in [6, 6.07) is 12.4. The Balaban J connectivity index is 2.27. The molecule has 0 aromatic heterocycles. The summed E-state index contributed by atoms with van der Waals surface area (Å²) in [4.78, 5) is 0. The fourth-order valence-electron chi connectivity index (χ4n) is 2.26. The van der Waals surface area contributed by atoms with Crippen LogP contribution in [0.2, 0.25) is 0 Å². The van der Waals surface area contributed by atoms with E-state index in [0.717, 1.165) is 15.8 Å². The predicted octanol–water partition coefficient (Wildman–Crippen LogP) is 4.45. The minimum Gasteiger partial charge on any atom is -0.484 e. The van der Waals surface area contributed by atoms with Gasteiger partial charge in [0.25, 0.3) is 0 Å². The molecule has 0 bridgehead atoms. The van der Waals surface area contributed by atoms with Crippen molar-refractivity contribution in [3.8, 4) is 5.75 Å². The van der Waals surface area contributed by atoms with Crippen molar-refractivity contribution in [2.75, 3.05) is 6.54 Å². The molecule has 0 fully saturated rings. The van der Waals surface area contributed by atoms with Gasteiger partial charge in [-0.2, -0.15) is 0 Å². The van der Waals surface area contributed by atoms with E-state index in [-0.39, 0.29) is 6.10 Å². The first-order valence-electron chi connectivity index (χ1n) is 6.71. The molecule has 20 heavy (non-hydrogen) atoms. The second-order valence-corrected chi connectivity index (χ2v) is 5.92. The molecule has 0 aliphatic carbocycles. The van der Waals surface area contributed by atoms with Crippen LogP contribution >= 0.6 is 15.9 Å². The van der Waals surface area contributed by atoms with Crippen molar-refractivity contribution in [2.24, 2.45) is 5.73 Å². The Bertz CT molecular complexity index is 587. The highest BCUT2D eigenvalue weighted by molar-refractivity contribution is 9.10. The molecular formula is C17H20BrNO. The summed E-state index contributed by atoms with van der Waals surface area (Å²) >= 11 is 3.57. The van der Waals surface area contributed by atoms with E-state index >= 15 is 0 Å². The maximum atomic E-state index is 6.08. The number of rotatable bonds is 4. The quantitative estimate of drug-likeness (QED) is 0.896. The fraction of sp³-hybridized carbons (Fsp3) is 0.294. The van der Waals surface area contributed by atoms with Crippen molar-refractivity contribution in [1.82, 2.24) is 0 Å². The van der Waals surface area contributed by atoms with Gasteiger partial charge in [-0.25, -0.2) is 0 Å². The number of aryl methyl sites for hydroxylation is 3. The average Bonchev–Trinajstić information content (AvgIpc) is 2.42. The maximum Gasteiger partial charge on any atom is 0.136 e. The Morgan fingerprint density at radius 2 is 1.75 bits per heavy atom. The third-order valence-corrected chi connectivity index (χ3v) is 4.57. The monoisotopic (exact) mass is 333 g/mol.